The van der Waals surface area contributed by atoms with Gasteiger partial charge in [0.1, 0.15) is 5.82 Å². The van der Waals surface area contributed by atoms with E-state index in [0.717, 1.165) is 18.2 Å². The number of aryl methyl sites for hydroxylation is 1. The van der Waals surface area contributed by atoms with Crippen molar-refractivity contribution in [2.45, 2.75) is 46.1 Å². The molecule has 0 aliphatic heterocycles. The Morgan fingerprint density at radius 3 is 2.67 bits per heavy atom. The van der Waals surface area contributed by atoms with Crippen LogP contribution >= 0.6 is 0 Å². The van der Waals surface area contributed by atoms with Crippen LogP contribution in [0.2, 0.25) is 0 Å². The topological polar surface area (TPSA) is 29.9 Å². The van der Waals surface area contributed by atoms with E-state index in [-0.39, 0.29) is 0 Å². The van der Waals surface area contributed by atoms with Gasteiger partial charge in [0.2, 0.25) is 0 Å². The average molecular weight is 209 g/mol. The van der Waals surface area contributed by atoms with Crippen LogP contribution in [0.4, 0.5) is 5.82 Å². The maximum atomic E-state index is 4.16. The molecule has 86 valence electrons. The number of nitrogens with one attached hydrogen (secondary N) is 1. The van der Waals surface area contributed by atoms with E-state index in [1.807, 2.05) is 24.0 Å². The fourth-order valence-corrected chi connectivity index (χ4v) is 2.01. The standard InChI is InChI=1S/C12H23N3/c1-5-7-10(3)11(6-2)14-12-8-9-13-15(12)4/h8-11,14H,5-7H2,1-4H3. The van der Waals surface area contributed by atoms with Gasteiger partial charge in [-0.3, -0.25) is 4.68 Å². The largest absolute Gasteiger partial charge is 0.367 e. The van der Waals surface area contributed by atoms with Crippen molar-refractivity contribution >= 4 is 5.82 Å². The van der Waals surface area contributed by atoms with Crippen LogP contribution in [-0.2, 0) is 7.05 Å². The predicted octanol–water partition coefficient (Wildman–Crippen LogP) is 3.05. The summed E-state index contributed by atoms with van der Waals surface area (Å²) in [5, 5.41) is 7.73. The highest BCUT2D eigenvalue weighted by Gasteiger charge is 2.15. The van der Waals surface area contributed by atoms with Crippen molar-refractivity contribution in [2.24, 2.45) is 13.0 Å². The molecular formula is C12H23N3. The highest BCUT2D eigenvalue weighted by molar-refractivity contribution is 5.34. The van der Waals surface area contributed by atoms with Gasteiger partial charge in [0.15, 0.2) is 0 Å². The second-order valence-electron chi connectivity index (χ2n) is 4.27. The smallest absolute Gasteiger partial charge is 0.124 e. The Labute approximate surface area is 92.9 Å². The second kappa shape index (κ2) is 5.79. The molecule has 2 atom stereocenters. The fourth-order valence-electron chi connectivity index (χ4n) is 2.01. The maximum Gasteiger partial charge on any atom is 0.124 e. The lowest BCUT2D eigenvalue weighted by molar-refractivity contribution is 0.433. The number of rotatable bonds is 6. The molecule has 0 fully saturated rings. The molecule has 2 unspecified atom stereocenters. The third kappa shape index (κ3) is 3.26. The van der Waals surface area contributed by atoms with Gasteiger partial charge in [0.05, 0.1) is 6.20 Å². The van der Waals surface area contributed by atoms with E-state index in [4.69, 9.17) is 0 Å². The summed E-state index contributed by atoms with van der Waals surface area (Å²) in [4.78, 5) is 0. The molecule has 15 heavy (non-hydrogen) atoms. The molecule has 0 aliphatic rings. The number of anilines is 1. The molecule has 1 heterocycles. The molecule has 0 aliphatic carbocycles. The minimum absolute atomic E-state index is 0.556. The first-order chi connectivity index (χ1) is 7.19. The zero-order valence-corrected chi connectivity index (χ0v) is 10.3. The van der Waals surface area contributed by atoms with Gasteiger partial charge in [0.25, 0.3) is 0 Å². The SMILES string of the molecule is CCCC(C)C(CC)Nc1ccnn1C. The molecule has 0 radical (unpaired) electrons. The van der Waals surface area contributed by atoms with E-state index in [2.05, 4.69) is 31.2 Å². The van der Waals surface area contributed by atoms with Crippen LogP contribution in [0.5, 0.6) is 0 Å². The Hall–Kier alpha value is -0.990. The van der Waals surface area contributed by atoms with Crippen LogP contribution in [0.3, 0.4) is 0 Å². The number of aromatic nitrogens is 2. The molecular weight excluding hydrogens is 186 g/mol. The van der Waals surface area contributed by atoms with Crippen molar-refractivity contribution in [1.82, 2.24) is 9.78 Å². The van der Waals surface area contributed by atoms with E-state index in [1.54, 1.807) is 0 Å². The average Bonchev–Trinajstić information content (AvgIpc) is 2.61. The Balaban J connectivity index is 2.57. The van der Waals surface area contributed by atoms with Gasteiger partial charge in [-0.2, -0.15) is 5.10 Å². The normalized spacial score (nSPS) is 14.9. The summed E-state index contributed by atoms with van der Waals surface area (Å²) in [7, 11) is 1.97. The Morgan fingerprint density at radius 1 is 1.47 bits per heavy atom. The molecule has 0 amide bonds. The Bertz CT molecular complexity index is 280. The van der Waals surface area contributed by atoms with E-state index >= 15 is 0 Å². The fraction of sp³-hybridized carbons (Fsp3) is 0.750. The summed E-state index contributed by atoms with van der Waals surface area (Å²) in [5.74, 6) is 1.83. The summed E-state index contributed by atoms with van der Waals surface area (Å²) in [6.45, 7) is 6.80. The summed E-state index contributed by atoms with van der Waals surface area (Å²) in [5.41, 5.74) is 0. The van der Waals surface area contributed by atoms with Gasteiger partial charge >= 0.3 is 0 Å². The molecule has 0 bridgehead atoms. The van der Waals surface area contributed by atoms with Crippen molar-refractivity contribution < 1.29 is 0 Å². The van der Waals surface area contributed by atoms with Crippen LogP contribution in [0.1, 0.15) is 40.0 Å². The number of hydrogen-bond acceptors (Lipinski definition) is 2. The van der Waals surface area contributed by atoms with Gasteiger partial charge in [-0.25, -0.2) is 0 Å². The second-order valence-corrected chi connectivity index (χ2v) is 4.27. The molecule has 1 N–H and O–H groups in total. The predicted molar refractivity (Wildman–Crippen MR) is 65.0 cm³/mol. The Kier molecular flexibility index (Phi) is 4.66. The van der Waals surface area contributed by atoms with Crippen molar-refractivity contribution in [3.05, 3.63) is 12.3 Å². The van der Waals surface area contributed by atoms with Gasteiger partial charge < -0.3 is 5.32 Å². The monoisotopic (exact) mass is 209 g/mol. The third-order valence-corrected chi connectivity index (χ3v) is 3.02. The van der Waals surface area contributed by atoms with Crippen LogP contribution in [0.25, 0.3) is 0 Å². The Morgan fingerprint density at radius 2 is 2.20 bits per heavy atom. The maximum absolute atomic E-state index is 4.16. The number of hydrogen-bond donors (Lipinski definition) is 1. The molecule has 0 spiro atoms. The molecule has 0 saturated heterocycles. The minimum Gasteiger partial charge on any atom is -0.367 e. The van der Waals surface area contributed by atoms with Crippen LogP contribution in [-0.4, -0.2) is 15.8 Å². The van der Waals surface area contributed by atoms with E-state index in [9.17, 15) is 0 Å². The first-order valence-corrected chi connectivity index (χ1v) is 5.93. The van der Waals surface area contributed by atoms with E-state index < -0.39 is 0 Å². The van der Waals surface area contributed by atoms with Crippen molar-refractivity contribution in [3.63, 3.8) is 0 Å². The van der Waals surface area contributed by atoms with Crippen molar-refractivity contribution in [1.29, 1.82) is 0 Å². The van der Waals surface area contributed by atoms with Crippen LogP contribution in [0, 0.1) is 5.92 Å². The zero-order valence-electron chi connectivity index (χ0n) is 10.3. The third-order valence-electron chi connectivity index (χ3n) is 3.02. The molecule has 1 rings (SSSR count). The van der Waals surface area contributed by atoms with Crippen LogP contribution in [0.15, 0.2) is 12.3 Å². The van der Waals surface area contributed by atoms with E-state index in [1.165, 1.54) is 12.8 Å². The first-order valence-electron chi connectivity index (χ1n) is 5.93. The van der Waals surface area contributed by atoms with Crippen LogP contribution < -0.4 is 5.32 Å². The summed E-state index contributed by atoms with van der Waals surface area (Å²) < 4.78 is 1.89. The van der Waals surface area contributed by atoms with Gasteiger partial charge in [-0.05, 0) is 18.8 Å². The highest BCUT2D eigenvalue weighted by atomic mass is 15.3. The molecule has 1 aromatic rings. The van der Waals surface area contributed by atoms with E-state index in [0.29, 0.717) is 6.04 Å². The molecule has 3 nitrogen and oxygen atoms in total. The summed E-state index contributed by atoms with van der Waals surface area (Å²) >= 11 is 0. The summed E-state index contributed by atoms with van der Waals surface area (Å²) in [6.07, 6.45) is 5.53. The van der Waals surface area contributed by atoms with Crippen molar-refractivity contribution in [2.75, 3.05) is 5.32 Å². The molecule has 3 heteroatoms. The molecule has 0 aromatic carbocycles. The minimum atomic E-state index is 0.556. The summed E-state index contributed by atoms with van der Waals surface area (Å²) in [6, 6.07) is 2.58. The van der Waals surface area contributed by atoms with Gasteiger partial charge in [-0.15, -0.1) is 0 Å². The van der Waals surface area contributed by atoms with Gasteiger partial charge in [-0.1, -0.05) is 27.2 Å². The first kappa shape index (κ1) is 12.1. The lowest BCUT2D eigenvalue weighted by Gasteiger charge is -2.24. The van der Waals surface area contributed by atoms with Gasteiger partial charge in [0, 0.05) is 19.2 Å². The quantitative estimate of drug-likeness (QED) is 0.780. The lowest BCUT2D eigenvalue weighted by Crippen LogP contribution is -2.27. The zero-order chi connectivity index (χ0) is 11.3. The number of nitrogens with zero attached hydrogens (tertiary/aromatic N) is 2. The lowest BCUT2D eigenvalue weighted by atomic mass is 9.95. The molecule has 1 aromatic heterocycles. The highest BCUT2D eigenvalue weighted by Crippen LogP contribution is 2.18. The molecule has 0 saturated carbocycles. The van der Waals surface area contributed by atoms with Crippen molar-refractivity contribution in [3.8, 4) is 0 Å².